The van der Waals surface area contributed by atoms with Crippen LogP contribution in [0.1, 0.15) is 13.8 Å². The summed E-state index contributed by atoms with van der Waals surface area (Å²) in [4.78, 5) is 10.6. The summed E-state index contributed by atoms with van der Waals surface area (Å²) in [5.41, 5.74) is 0. The average Bonchev–Trinajstić information content (AvgIpc) is 1.84. The molecule has 3 heteroatoms. The Morgan fingerprint density at radius 3 is 2.60 bits per heavy atom. The van der Waals surface area contributed by atoms with E-state index in [4.69, 9.17) is 18.0 Å². The molecule has 0 heterocycles. The van der Waals surface area contributed by atoms with Gasteiger partial charge in [0.2, 0.25) is 5.24 Å². The lowest BCUT2D eigenvalue weighted by Crippen LogP contribution is -2.23. The molecular weight excluding hydrogens is 168 g/mol. The van der Waals surface area contributed by atoms with E-state index in [2.05, 4.69) is 5.92 Å². The molecule has 0 atom stereocenters. The predicted octanol–water partition coefficient (Wildman–Crippen LogP) is 1.90. The van der Waals surface area contributed by atoms with E-state index < -0.39 is 4.75 Å². The minimum Gasteiger partial charge on any atom is -0.280 e. The zero-order valence-corrected chi connectivity index (χ0v) is 7.55. The molecule has 0 saturated heterocycles. The highest BCUT2D eigenvalue weighted by Crippen LogP contribution is 2.25. The molecule has 0 aromatic heterocycles. The van der Waals surface area contributed by atoms with Gasteiger partial charge in [-0.3, -0.25) is 4.79 Å². The number of hydrogen-bond acceptors (Lipinski definition) is 2. The van der Waals surface area contributed by atoms with Crippen LogP contribution in [-0.4, -0.2) is 15.7 Å². The van der Waals surface area contributed by atoms with Gasteiger partial charge in [0.05, 0.1) is 10.5 Å². The van der Waals surface area contributed by atoms with Crippen LogP contribution in [0.15, 0.2) is 0 Å². The molecule has 0 spiro atoms. The highest BCUT2D eigenvalue weighted by molar-refractivity contribution is 8.01. The average molecular weight is 177 g/mol. The first-order chi connectivity index (χ1) is 4.50. The van der Waals surface area contributed by atoms with Crippen molar-refractivity contribution in [2.24, 2.45) is 0 Å². The number of carbonyl (C=O) groups is 1. The van der Waals surface area contributed by atoms with Gasteiger partial charge in [-0.05, 0) is 25.4 Å². The van der Waals surface area contributed by atoms with Gasteiger partial charge in [-0.1, -0.05) is 5.92 Å². The van der Waals surface area contributed by atoms with Crippen LogP contribution in [0.5, 0.6) is 0 Å². The van der Waals surface area contributed by atoms with E-state index in [1.165, 1.54) is 11.8 Å². The minimum atomic E-state index is -0.548. The SMILES string of the molecule is C#CCSC(C)(C)C(=O)Cl. The molecule has 0 amide bonds. The fraction of sp³-hybridized carbons (Fsp3) is 0.571. The van der Waals surface area contributed by atoms with Crippen LogP contribution in [0.3, 0.4) is 0 Å². The van der Waals surface area contributed by atoms with E-state index in [1.54, 1.807) is 13.8 Å². The van der Waals surface area contributed by atoms with Gasteiger partial charge in [0.25, 0.3) is 0 Å². The molecule has 0 aliphatic heterocycles. The zero-order chi connectivity index (χ0) is 8.20. The second-order valence-electron chi connectivity index (χ2n) is 2.28. The Balaban J connectivity index is 3.90. The highest BCUT2D eigenvalue weighted by Gasteiger charge is 2.25. The third-order valence-corrected chi connectivity index (χ3v) is 2.79. The molecule has 0 fully saturated rings. The first-order valence-corrected chi connectivity index (χ1v) is 4.14. The quantitative estimate of drug-likeness (QED) is 0.483. The Morgan fingerprint density at radius 2 is 2.30 bits per heavy atom. The number of halogens is 1. The third kappa shape index (κ3) is 3.14. The highest BCUT2D eigenvalue weighted by atomic mass is 35.5. The fourth-order valence-corrected chi connectivity index (χ4v) is 1.00. The third-order valence-electron chi connectivity index (χ3n) is 0.990. The molecule has 0 aliphatic rings. The van der Waals surface area contributed by atoms with Gasteiger partial charge in [0, 0.05) is 0 Å². The molecule has 0 N–H and O–H groups in total. The maximum absolute atomic E-state index is 10.6. The van der Waals surface area contributed by atoms with Gasteiger partial charge < -0.3 is 0 Å². The van der Waals surface area contributed by atoms with Crippen molar-refractivity contribution < 1.29 is 4.79 Å². The van der Waals surface area contributed by atoms with Crippen molar-refractivity contribution >= 4 is 28.6 Å². The molecule has 0 unspecified atom stereocenters. The van der Waals surface area contributed by atoms with E-state index in [0.29, 0.717) is 5.75 Å². The summed E-state index contributed by atoms with van der Waals surface area (Å²) < 4.78 is -0.548. The van der Waals surface area contributed by atoms with E-state index >= 15 is 0 Å². The first-order valence-electron chi connectivity index (χ1n) is 2.78. The molecule has 0 rings (SSSR count). The molecule has 0 radical (unpaired) electrons. The summed E-state index contributed by atoms with van der Waals surface area (Å²) in [6.45, 7) is 3.51. The smallest absolute Gasteiger partial charge is 0.237 e. The lowest BCUT2D eigenvalue weighted by atomic mass is 10.2. The number of hydrogen-bond donors (Lipinski definition) is 0. The van der Waals surface area contributed by atoms with Gasteiger partial charge in [0.15, 0.2) is 0 Å². The Morgan fingerprint density at radius 1 is 1.80 bits per heavy atom. The Bertz CT molecular complexity index is 169. The van der Waals surface area contributed by atoms with Crippen LogP contribution < -0.4 is 0 Å². The van der Waals surface area contributed by atoms with Gasteiger partial charge in [-0.2, -0.15) is 0 Å². The summed E-state index contributed by atoms with van der Waals surface area (Å²) in [6, 6.07) is 0. The molecule has 0 aromatic rings. The summed E-state index contributed by atoms with van der Waals surface area (Å²) in [5, 5.41) is -0.354. The maximum atomic E-state index is 10.6. The van der Waals surface area contributed by atoms with Crippen molar-refractivity contribution in [1.82, 2.24) is 0 Å². The van der Waals surface area contributed by atoms with Gasteiger partial charge in [-0.15, -0.1) is 18.2 Å². The Hall–Kier alpha value is -0.130. The van der Waals surface area contributed by atoms with Crippen LogP contribution in [-0.2, 0) is 4.79 Å². The molecule has 0 aliphatic carbocycles. The van der Waals surface area contributed by atoms with E-state index in [1.807, 2.05) is 0 Å². The predicted molar refractivity (Wildman–Crippen MR) is 46.2 cm³/mol. The lowest BCUT2D eigenvalue weighted by Gasteiger charge is -2.16. The van der Waals surface area contributed by atoms with Crippen LogP contribution in [0.4, 0.5) is 0 Å². The summed E-state index contributed by atoms with van der Waals surface area (Å²) in [6.07, 6.45) is 5.01. The number of thioether (sulfide) groups is 1. The largest absolute Gasteiger partial charge is 0.280 e. The molecule has 0 bridgehead atoms. The van der Waals surface area contributed by atoms with Crippen molar-refractivity contribution in [1.29, 1.82) is 0 Å². The number of carbonyl (C=O) groups excluding carboxylic acids is 1. The van der Waals surface area contributed by atoms with E-state index in [-0.39, 0.29) is 5.24 Å². The fourth-order valence-electron chi connectivity index (χ4n) is 0.279. The summed E-state index contributed by atoms with van der Waals surface area (Å²) >= 11 is 6.65. The van der Waals surface area contributed by atoms with Gasteiger partial charge in [-0.25, -0.2) is 0 Å². The molecule has 0 aromatic carbocycles. The van der Waals surface area contributed by atoms with Crippen molar-refractivity contribution in [3.05, 3.63) is 0 Å². The maximum Gasteiger partial charge on any atom is 0.237 e. The molecule has 56 valence electrons. The molecular formula is C7H9ClOS. The molecule has 10 heavy (non-hydrogen) atoms. The standard InChI is InChI=1S/C7H9ClOS/c1-4-5-10-7(2,3)6(8)9/h1H,5H2,2-3H3. The second-order valence-corrected chi connectivity index (χ2v) is 4.22. The van der Waals surface area contributed by atoms with Crippen molar-refractivity contribution in [2.45, 2.75) is 18.6 Å². The first kappa shape index (κ1) is 9.87. The Labute approximate surface area is 70.5 Å². The van der Waals surface area contributed by atoms with Crippen LogP contribution in [0.25, 0.3) is 0 Å². The molecule has 0 saturated carbocycles. The van der Waals surface area contributed by atoms with Crippen molar-refractivity contribution in [2.75, 3.05) is 5.75 Å². The van der Waals surface area contributed by atoms with Gasteiger partial charge in [0.1, 0.15) is 0 Å². The normalized spacial score (nSPS) is 10.6. The summed E-state index contributed by atoms with van der Waals surface area (Å²) in [7, 11) is 0. The van der Waals surface area contributed by atoms with Gasteiger partial charge >= 0.3 is 0 Å². The molecule has 1 nitrogen and oxygen atoms in total. The van der Waals surface area contributed by atoms with E-state index in [0.717, 1.165) is 0 Å². The lowest BCUT2D eigenvalue weighted by molar-refractivity contribution is -0.113. The van der Waals surface area contributed by atoms with Crippen LogP contribution in [0.2, 0.25) is 0 Å². The van der Waals surface area contributed by atoms with Crippen LogP contribution in [0, 0.1) is 12.3 Å². The second kappa shape index (κ2) is 3.90. The van der Waals surface area contributed by atoms with Crippen molar-refractivity contribution in [3.8, 4) is 12.3 Å². The number of rotatable bonds is 3. The summed E-state index contributed by atoms with van der Waals surface area (Å²) in [5.74, 6) is 2.95. The monoisotopic (exact) mass is 176 g/mol. The number of terminal acetylenes is 1. The van der Waals surface area contributed by atoms with E-state index in [9.17, 15) is 4.79 Å². The van der Waals surface area contributed by atoms with Crippen molar-refractivity contribution in [3.63, 3.8) is 0 Å². The van der Waals surface area contributed by atoms with Crippen LogP contribution >= 0.6 is 23.4 Å². The Kier molecular flexibility index (Phi) is 3.85. The topological polar surface area (TPSA) is 17.1 Å². The zero-order valence-electron chi connectivity index (χ0n) is 5.98. The minimum absolute atomic E-state index is 0.354.